The highest BCUT2D eigenvalue weighted by atomic mass is 35.5. The van der Waals surface area contributed by atoms with Crippen molar-refractivity contribution in [3.63, 3.8) is 0 Å². The largest absolute Gasteiger partial charge is 0.493 e. The second kappa shape index (κ2) is 9.08. The van der Waals surface area contributed by atoms with Crippen molar-refractivity contribution >= 4 is 29.1 Å². The first-order chi connectivity index (χ1) is 12.0. The fourth-order valence-corrected chi connectivity index (χ4v) is 2.38. The highest BCUT2D eigenvalue weighted by molar-refractivity contribution is 6.30. The minimum Gasteiger partial charge on any atom is -0.493 e. The molecule has 0 radical (unpaired) electrons. The van der Waals surface area contributed by atoms with Crippen molar-refractivity contribution in [3.8, 4) is 5.75 Å². The van der Waals surface area contributed by atoms with Crippen LogP contribution in [0.5, 0.6) is 5.75 Å². The van der Waals surface area contributed by atoms with Gasteiger partial charge in [-0.1, -0.05) is 29.8 Å². The summed E-state index contributed by atoms with van der Waals surface area (Å²) in [6, 6.07) is 12.7. The van der Waals surface area contributed by atoms with Gasteiger partial charge >= 0.3 is 0 Å². The Morgan fingerprint density at radius 2 is 1.64 bits per heavy atom. The SMILES string of the molecule is Cc1cccc(C)c1NC(=O)CNC(=O)CCOc1ccc(Cl)cc1. The summed E-state index contributed by atoms with van der Waals surface area (Å²) in [5, 5.41) is 6.03. The standard InChI is InChI=1S/C19H21ClN2O3/c1-13-4-3-5-14(2)19(13)22-18(24)12-21-17(23)10-11-25-16-8-6-15(20)7-9-16/h3-9H,10-12H2,1-2H3,(H,21,23)(H,22,24). The Hall–Kier alpha value is -2.53. The number of para-hydroxylation sites is 1. The Morgan fingerprint density at radius 1 is 1.00 bits per heavy atom. The van der Waals surface area contributed by atoms with Crippen LogP contribution in [0.1, 0.15) is 17.5 Å². The first-order valence-electron chi connectivity index (χ1n) is 7.97. The topological polar surface area (TPSA) is 67.4 Å². The van der Waals surface area contributed by atoms with Crippen molar-refractivity contribution in [3.05, 3.63) is 58.6 Å². The van der Waals surface area contributed by atoms with E-state index in [0.717, 1.165) is 16.8 Å². The Bertz CT molecular complexity index is 725. The van der Waals surface area contributed by atoms with Gasteiger partial charge in [-0.05, 0) is 49.2 Å². The lowest BCUT2D eigenvalue weighted by Crippen LogP contribution is -2.33. The average molecular weight is 361 g/mol. The maximum Gasteiger partial charge on any atom is 0.243 e. The number of rotatable bonds is 7. The summed E-state index contributed by atoms with van der Waals surface area (Å²) in [5.41, 5.74) is 2.75. The van der Waals surface area contributed by atoms with Gasteiger partial charge in [0.15, 0.2) is 0 Å². The molecule has 0 aliphatic carbocycles. The van der Waals surface area contributed by atoms with Crippen LogP contribution in [0.4, 0.5) is 5.69 Å². The third-order valence-corrected chi connectivity index (χ3v) is 3.86. The number of amides is 2. The first-order valence-corrected chi connectivity index (χ1v) is 8.34. The third-order valence-electron chi connectivity index (χ3n) is 3.60. The quantitative estimate of drug-likeness (QED) is 0.794. The van der Waals surface area contributed by atoms with E-state index < -0.39 is 0 Å². The van der Waals surface area contributed by atoms with Crippen LogP contribution in [0.15, 0.2) is 42.5 Å². The van der Waals surface area contributed by atoms with E-state index in [1.54, 1.807) is 24.3 Å². The van der Waals surface area contributed by atoms with Crippen molar-refractivity contribution in [2.75, 3.05) is 18.5 Å². The molecule has 0 aliphatic heterocycles. The maximum atomic E-state index is 12.0. The van der Waals surface area contributed by atoms with Crippen LogP contribution < -0.4 is 15.4 Å². The Balaban J connectivity index is 1.70. The molecule has 5 nitrogen and oxygen atoms in total. The molecule has 0 saturated carbocycles. The Kier molecular flexibility index (Phi) is 6.83. The Morgan fingerprint density at radius 3 is 2.28 bits per heavy atom. The predicted octanol–water partition coefficient (Wildman–Crippen LogP) is 3.48. The number of hydrogen-bond acceptors (Lipinski definition) is 3. The van der Waals surface area contributed by atoms with Crippen LogP contribution in [-0.4, -0.2) is 25.0 Å². The van der Waals surface area contributed by atoms with E-state index >= 15 is 0 Å². The molecule has 2 N–H and O–H groups in total. The predicted molar refractivity (Wildman–Crippen MR) is 99.1 cm³/mol. The summed E-state index contributed by atoms with van der Waals surface area (Å²) in [4.78, 5) is 23.8. The number of anilines is 1. The summed E-state index contributed by atoms with van der Waals surface area (Å²) in [5.74, 6) is 0.139. The zero-order chi connectivity index (χ0) is 18.2. The number of benzene rings is 2. The van der Waals surface area contributed by atoms with E-state index in [1.165, 1.54) is 0 Å². The molecule has 132 valence electrons. The molecule has 0 aliphatic rings. The molecule has 0 heterocycles. The number of halogens is 1. The summed E-state index contributed by atoms with van der Waals surface area (Å²) in [7, 11) is 0. The van der Waals surface area contributed by atoms with E-state index in [9.17, 15) is 9.59 Å². The summed E-state index contributed by atoms with van der Waals surface area (Å²) < 4.78 is 5.45. The summed E-state index contributed by atoms with van der Waals surface area (Å²) in [6.07, 6.45) is 0.166. The first kappa shape index (κ1) is 18.8. The highest BCUT2D eigenvalue weighted by Crippen LogP contribution is 2.19. The number of carbonyl (C=O) groups excluding carboxylic acids is 2. The lowest BCUT2D eigenvalue weighted by Gasteiger charge is -2.12. The minimum absolute atomic E-state index is 0.0758. The molecule has 0 fully saturated rings. The van der Waals surface area contributed by atoms with Gasteiger partial charge in [-0.25, -0.2) is 0 Å². The molecule has 0 atom stereocenters. The monoisotopic (exact) mass is 360 g/mol. The van der Waals surface area contributed by atoms with Gasteiger partial charge in [-0.3, -0.25) is 9.59 Å². The molecule has 2 aromatic rings. The van der Waals surface area contributed by atoms with Gasteiger partial charge in [0.1, 0.15) is 5.75 Å². The second-order valence-electron chi connectivity index (χ2n) is 5.64. The number of ether oxygens (including phenoxy) is 1. The van der Waals surface area contributed by atoms with Gasteiger partial charge in [0, 0.05) is 10.7 Å². The van der Waals surface area contributed by atoms with Gasteiger partial charge in [0.05, 0.1) is 19.6 Å². The fraction of sp³-hybridized carbons (Fsp3) is 0.263. The van der Waals surface area contributed by atoms with Crippen LogP contribution in [0.25, 0.3) is 0 Å². The van der Waals surface area contributed by atoms with Gasteiger partial charge in [0.2, 0.25) is 11.8 Å². The smallest absolute Gasteiger partial charge is 0.243 e. The number of carbonyl (C=O) groups is 2. The average Bonchev–Trinajstić information content (AvgIpc) is 2.58. The number of aryl methyl sites for hydroxylation is 2. The van der Waals surface area contributed by atoms with E-state index in [2.05, 4.69) is 10.6 Å². The van der Waals surface area contributed by atoms with E-state index in [-0.39, 0.29) is 31.4 Å². The molecule has 0 unspecified atom stereocenters. The van der Waals surface area contributed by atoms with Crippen LogP contribution in [0.2, 0.25) is 5.02 Å². The van der Waals surface area contributed by atoms with Crippen molar-refractivity contribution < 1.29 is 14.3 Å². The van der Waals surface area contributed by atoms with Crippen molar-refractivity contribution in [2.24, 2.45) is 0 Å². The van der Waals surface area contributed by atoms with Crippen LogP contribution >= 0.6 is 11.6 Å². The van der Waals surface area contributed by atoms with Crippen molar-refractivity contribution in [1.29, 1.82) is 0 Å². The molecule has 6 heteroatoms. The van der Waals surface area contributed by atoms with E-state index in [1.807, 2.05) is 32.0 Å². The molecule has 0 aromatic heterocycles. The number of nitrogens with one attached hydrogen (secondary N) is 2. The third kappa shape index (κ3) is 6.12. The normalized spacial score (nSPS) is 10.2. The summed E-state index contributed by atoms with van der Waals surface area (Å²) in [6.45, 7) is 4.00. The van der Waals surface area contributed by atoms with Crippen LogP contribution in [0, 0.1) is 13.8 Å². The Labute approximate surface area is 152 Å². The van der Waals surface area contributed by atoms with Crippen LogP contribution in [0.3, 0.4) is 0 Å². The van der Waals surface area contributed by atoms with E-state index in [0.29, 0.717) is 10.8 Å². The minimum atomic E-state index is -0.260. The fourth-order valence-electron chi connectivity index (χ4n) is 2.25. The second-order valence-corrected chi connectivity index (χ2v) is 6.08. The molecule has 25 heavy (non-hydrogen) atoms. The zero-order valence-electron chi connectivity index (χ0n) is 14.3. The molecule has 2 amide bonds. The van der Waals surface area contributed by atoms with Gasteiger partial charge < -0.3 is 15.4 Å². The molecule has 0 bridgehead atoms. The van der Waals surface area contributed by atoms with Gasteiger partial charge in [-0.15, -0.1) is 0 Å². The van der Waals surface area contributed by atoms with Gasteiger partial charge in [-0.2, -0.15) is 0 Å². The molecule has 2 aromatic carbocycles. The molecular formula is C19H21ClN2O3. The molecule has 0 saturated heterocycles. The van der Waals surface area contributed by atoms with E-state index in [4.69, 9.17) is 16.3 Å². The highest BCUT2D eigenvalue weighted by Gasteiger charge is 2.09. The lowest BCUT2D eigenvalue weighted by molar-refractivity contribution is -0.124. The maximum absolute atomic E-state index is 12.0. The lowest BCUT2D eigenvalue weighted by atomic mass is 10.1. The van der Waals surface area contributed by atoms with Crippen molar-refractivity contribution in [2.45, 2.75) is 20.3 Å². The van der Waals surface area contributed by atoms with Gasteiger partial charge in [0.25, 0.3) is 0 Å². The molecule has 0 spiro atoms. The van der Waals surface area contributed by atoms with Crippen molar-refractivity contribution in [1.82, 2.24) is 5.32 Å². The van der Waals surface area contributed by atoms with Crippen LogP contribution in [-0.2, 0) is 9.59 Å². The summed E-state index contributed by atoms with van der Waals surface area (Å²) >= 11 is 5.79. The number of hydrogen-bond donors (Lipinski definition) is 2. The zero-order valence-corrected chi connectivity index (χ0v) is 15.0. The molecular weight excluding hydrogens is 340 g/mol. The molecule has 2 rings (SSSR count).